The van der Waals surface area contributed by atoms with Gasteiger partial charge < -0.3 is 0 Å². The van der Waals surface area contributed by atoms with Crippen molar-refractivity contribution in [1.82, 2.24) is 9.71 Å². The summed E-state index contributed by atoms with van der Waals surface area (Å²) in [5.74, 6) is -0.134. The van der Waals surface area contributed by atoms with Crippen molar-refractivity contribution in [2.75, 3.05) is 5.75 Å². The maximum absolute atomic E-state index is 14.4. The second kappa shape index (κ2) is 7.81. The monoisotopic (exact) mass is 435 g/mol. The van der Waals surface area contributed by atoms with Crippen molar-refractivity contribution in [1.29, 1.82) is 5.26 Å². The molecule has 24 heavy (non-hydrogen) atoms. The van der Waals surface area contributed by atoms with E-state index in [-0.39, 0.29) is 5.69 Å². The molecule has 0 bridgehead atoms. The van der Waals surface area contributed by atoms with E-state index in [0.29, 0.717) is 10.4 Å². The predicted molar refractivity (Wildman–Crippen MR) is 102 cm³/mol. The summed E-state index contributed by atoms with van der Waals surface area (Å²) in [6.07, 6.45) is 0. The van der Waals surface area contributed by atoms with E-state index in [2.05, 4.69) is 31.7 Å². The fourth-order valence-electron chi connectivity index (χ4n) is 1.67. The number of rotatable bonds is 6. The van der Waals surface area contributed by atoms with Crippen LogP contribution in [0.4, 0.5) is 4.39 Å². The fourth-order valence-corrected chi connectivity index (χ4v) is 3.87. The molecule has 0 amide bonds. The van der Waals surface area contributed by atoms with Crippen molar-refractivity contribution in [2.24, 2.45) is 0 Å². The van der Waals surface area contributed by atoms with Crippen LogP contribution in [0.15, 0.2) is 16.7 Å². The minimum Gasteiger partial charge on any atom is -0.242 e. The lowest BCUT2D eigenvalue weighted by atomic mass is 10.0. The molecule has 0 fully saturated rings. The Labute approximate surface area is 158 Å². The lowest BCUT2D eigenvalue weighted by Gasteiger charge is -2.34. The van der Waals surface area contributed by atoms with Gasteiger partial charge in [0.1, 0.15) is 10.4 Å². The first-order valence-electron chi connectivity index (χ1n) is 7.38. The number of aromatic nitrogens is 1. The van der Waals surface area contributed by atoms with Crippen LogP contribution in [-0.2, 0) is 16.5 Å². The Balaban J connectivity index is 3.28. The zero-order valence-electron chi connectivity index (χ0n) is 14.7. The third-order valence-electron chi connectivity index (χ3n) is 3.20. The molecule has 0 radical (unpaired) electrons. The molecule has 8 heteroatoms. The van der Waals surface area contributed by atoms with Gasteiger partial charge >= 0.3 is 0 Å². The zero-order chi connectivity index (χ0) is 18.8. The molecule has 0 aromatic carbocycles. The number of thioether (sulfide) groups is 1. The molecule has 1 N–H and O–H groups in total. The fraction of sp³-hybridized carbons (Fsp3) is 0.625. The van der Waals surface area contributed by atoms with Crippen LogP contribution < -0.4 is 4.72 Å². The summed E-state index contributed by atoms with van der Waals surface area (Å²) in [4.78, 5) is 4.25. The Morgan fingerprint density at radius 1 is 1.33 bits per heavy atom. The molecule has 1 aromatic rings. The van der Waals surface area contributed by atoms with E-state index in [1.54, 1.807) is 20.8 Å². The SMILES string of the molecule is CC(C)(C#N)SCC(C)(NS(=O)C(C)(C)C)c1nc(Br)ccc1F. The summed E-state index contributed by atoms with van der Waals surface area (Å²) in [7, 11) is -1.42. The standard InChI is InChI=1S/C16H23BrFN3OS2/c1-14(2,3)24(22)21-16(6,10-23-15(4,5)9-19)13-11(18)7-8-12(17)20-13/h7-8,21H,10H2,1-6H3. The minimum atomic E-state index is -1.42. The summed E-state index contributed by atoms with van der Waals surface area (Å²) in [5, 5.41) is 9.22. The number of nitrogens with zero attached hydrogens (tertiary/aromatic N) is 2. The van der Waals surface area contributed by atoms with E-state index in [4.69, 9.17) is 0 Å². The lowest BCUT2D eigenvalue weighted by Crippen LogP contribution is -2.49. The van der Waals surface area contributed by atoms with Gasteiger partial charge in [-0.05, 0) is 69.6 Å². The maximum atomic E-state index is 14.4. The quantitative estimate of drug-likeness (QED) is 0.676. The van der Waals surface area contributed by atoms with E-state index in [1.807, 2.05) is 20.8 Å². The highest BCUT2D eigenvalue weighted by molar-refractivity contribution is 9.10. The molecule has 0 aliphatic rings. The molecule has 2 unspecified atom stereocenters. The second-order valence-corrected chi connectivity index (χ2v) is 11.6. The zero-order valence-corrected chi connectivity index (χ0v) is 18.0. The Bertz CT molecular complexity index is 670. The van der Waals surface area contributed by atoms with Crippen molar-refractivity contribution >= 4 is 38.7 Å². The van der Waals surface area contributed by atoms with Gasteiger partial charge in [-0.15, -0.1) is 11.8 Å². The molecule has 0 saturated carbocycles. The summed E-state index contributed by atoms with van der Waals surface area (Å²) < 4.78 is 29.4. The second-order valence-electron chi connectivity index (χ2n) is 7.19. The van der Waals surface area contributed by atoms with Crippen LogP contribution in [0.25, 0.3) is 0 Å². The number of pyridine rings is 1. The topological polar surface area (TPSA) is 65.8 Å². The molecule has 0 spiro atoms. The highest BCUT2D eigenvalue weighted by Gasteiger charge is 2.37. The average molecular weight is 436 g/mol. The van der Waals surface area contributed by atoms with E-state index in [9.17, 15) is 13.9 Å². The molecule has 0 saturated heterocycles. The van der Waals surface area contributed by atoms with Crippen LogP contribution in [0.5, 0.6) is 0 Å². The van der Waals surface area contributed by atoms with Crippen molar-refractivity contribution in [3.05, 3.63) is 28.2 Å². The van der Waals surface area contributed by atoms with Gasteiger partial charge in [0.2, 0.25) is 0 Å². The van der Waals surface area contributed by atoms with Crippen molar-refractivity contribution in [2.45, 2.75) is 56.6 Å². The molecule has 4 nitrogen and oxygen atoms in total. The molecule has 0 aliphatic carbocycles. The van der Waals surface area contributed by atoms with Crippen LogP contribution in [0.2, 0.25) is 0 Å². The van der Waals surface area contributed by atoms with Gasteiger partial charge in [-0.1, -0.05) is 0 Å². The van der Waals surface area contributed by atoms with Crippen LogP contribution in [0, 0.1) is 17.1 Å². The van der Waals surface area contributed by atoms with E-state index in [0.717, 1.165) is 0 Å². The number of halogens is 2. The summed E-state index contributed by atoms with van der Waals surface area (Å²) >= 11 is 4.63. The van der Waals surface area contributed by atoms with Gasteiger partial charge in [0.15, 0.2) is 0 Å². The van der Waals surface area contributed by atoms with Crippen LogP contribution in [0.1, 0.15) is 47.2 Å². The van der Waals surface area contributed by atoms with Crippen LogP contribution in [-0.4, -0.2) is 24.4 Å². The lowest BCUT2D eigenvalue weighted by molar-refractivity contribution is 0.446. The maximum Gasteiger partial charge on any atom is 0.146 e. The Morgan fingerprint density at radius 2 is 1.92 bits per heavy atom. The number of nitriles is 1. The summed E-state index contributed by atoms with van der Waals surface area (Å²) in [5.41, 5.74) is -0.819. The molecule has 0 aliphatic heterocycles. The van der Waals surface area contributed by atoms with Gasteiger partial charge in [0.25, 0.3) is 0 Å². The van der Waals surface area contributed by atoms with E-state index < -0.39 is 31.8 Å². The smallest absolute Gasteiger partial charge is 0.146 e. The number of hydrogen-bond donors (Lipinski definition) is 1. The number of nitrogens with one attached hydrogen (secondary N) is 1. The molecule has 1 aromatic heterocycles. The first-order valence-corrected chi connectivity index (χ1v) is 10.3. The van der Waals surface area contributed by atoms with Crippen molar-refractivity contribution in [3.8, 4) is 6.07 Å². The van der Waals surface area contributed by atoms with Crippen molar-refractivity contribution in [3.63, 3.8) is 0 Å². The third kappa shape index (κ3) is 5.80. The minimum absolute atomic E-state index is 0.177. The molecule has 1 heterocycles. The van der Waals surface area contributed by atoms with Crippen molar-refractivity contribution < 1.29 is 8.60 Å². The molecule has 2 atom stereocenters. The van der Waals surface area contributed by atoms with Gasteiger partial charge in [0, 0.05) is 5.75 Å². The van der Waals surface area contributed by atoms with Gasteiger partial charge in [-0.3, -0.25) is 0 Å². The molecule has 1 rings (SSSR count). The highest BCUT2D eigenvalue weighted by atomic mass is 79.9. The van der Waals surface area contributed by atoms with Gasteiger partial charge in [-0.25, -0.2) is 18.3 Å². The molecule has 134 valence electrons. The summed E-state index contributed by atoms with van der Waals surface area (Å²) in [6, 6.07) is 5.06. The van der Waals surface area contributed by atoms with Crippen LogP contribution in [0.3, 0.4) is 0 Å². The van der Waals surface area contributed by atoms with Gasteiger partial charge in [-0.2, -0.15) is 5.26 Å². The first-order chi connectivity index (χ1) is 10.8. The predicted octanol–water partition coefficient (Wildman–Crippen LogP) is 4.29. The van der Waals surface area contributed by atoms with E-state index in [1.165, 1.54) is 23.9 Å². The number of hydrogen-bond acceptors (Lipinski definition) is 4. The Hall–Kier alpha value is -0.490. The van der Waals surface area contributed by atoms with Gasteiger partial charge in [0.05, 0.1) is 37.8 Å². The normalized spacial score (nSPS) is 16.3. The Kier molecular flexibility index (Phi) is 7.02. The Morgan fingerprint density at radius 3 is 2.42 bits per heavy atom. The highest BCUT2D eigenvalue weighted by Crippen LogP contribution is 2.34. The van der Waals surface area contributed by atoms with Crippen LogP contribution >= 0.6 is 27.7 Å². The summed E-state index contributed by atoms with van der Waals surface area (Å²) in [6.45, 7) is 10.9. The molecular weight excluding hydrogens is 413 g/mol. The average Bonchev–Trinajstić information content (AvgIpc) is 2.47. The first kappa shape index (κ1) is 21.6. The third-order valence-corrected chi connectivity index (χ3v) is 6.92. The molecular formula is C16H23BrFN3OS2. The van der Waals surface area contributed by atoms with E-state index >= 15 is 0 Å². The largest absolute Gasteiger partial charge is 0.242 e.